The Hall–Kier alpha value is -2.33. The van der Waals surface area contributed by atoms with Crippen molar-refractivity contribution < 1.29 is 0 Å². The number of benzene rings is 1. The first-order valence-corrected chi connectivity index (χ1v) is 6.69. The summed E-state index contributed by atoms with van der Waals surface area (Å²) in [4.78, 5) is 6.80. The van der Waals surface area contributed by atoms with Crippen molar-refractivity contribution in [3.63, 3.8) is 0 Å². The third-order valence-electron chi connectivity index (χ3n) is 3.40. The number of nitrogens with two attached hydrogens (primary N) is 1. The Kier molecular flexibility index (Phi) is 3.39. The van der Waals surface area contributed by atoms with Gasteiger partial charge in [0.15, 0.2) is 0 Å². The molecule has 0 aliphatic heterocycles. The molecule has 20 heavy (non-hydrogen) atoms. The second-order valence-electron chi connectivity index (χ2n) is 4.93. The first-order chi connectivity index (χ1) is 9.76. The van der Waals surface area contributed by atoms with E-state index < -0.39 is 0 Å². The molecule has 2 N–H and O–H groups in total. The Morgan fingerprint density at radius 3 is 2.90 bits per heavy atom. The second kappa shape index (κ2) is 5.35. The van der Waals surface area contributed by atoms with Crippen molar-refractivity contribution in [2.75, 3.05) is 11.9 Å². The summed E-state index contributed by atoms with van der Waals surface area (Å²) in [6.07, 6.45) is 4.08. The molecule has 0 saturated carbocycles. The van der Waals surface area contributed by atoms with E-state index >= 15 is 0 Å². The lowest BCUT2D eigenvalue weighted by atomic mass is 10.2. The maximum absolute atomic E-state index is 5.69. The zero-order chi connectivity index (χ0) is 13.9. The Balaban J connectivity index is 1.82. The van der Waals surface area contributed by atoms with E-state index in [0.717, 1.165) is 29.1 Å². The minimum Gasteiger partial charge on any atom is -0.369 e. The summed E-state index contributed by atoms with van der Waals surface area (Å²) in [5.41, 5.74) is 10.0. The van der Waals surface area contributed by atoms with Crippen LogP contribution in [0.2, 0.25) is 0 Å². The van der Waals surface area contributed by atoms with E-state index in [9.17, 15) is 0 Å². The average Bonchev–Trinajstić information content (AvgIpc) is 2.89. The molecule has 2 aromatic heterocycles. The molecule has 0 atom stereocenters. The molecule has 2 heterocycles. The lowest BCUT2D eigenvalue weighted by Gasteiger charge is -2.18. The summed E-state index contributed by atoms with van der Waals surface area (Å²) in [5, 5.41) is 0. The normalized spacial score (nSPS) is 10.9. The summed E-state index contributed by atoms with van der Waals surface area (Å²) in [6, 6.07) is 14.3. The minimum absolute atomic E-state index is 0.566. The molecule has 0 bridgehead atoms. The molecule has 1 aromatic carbocycles. The smallest absolute Gasteiger partial charge is 0.137 e. The molecule has 0 saturated heterocycles. The van der Waals surface area contributed by atoms with Gasteiger partial charge in [-0.2, -0.15) is 0 Å². The van der Waals surface area contributed by atoms with Crippen LogP contribution in [0.1, 0.15) is 11.3 Å². The quantitative estimate of drug-likeness (QED) is 0.789. The number of nitrogens with zero attached hydrogens (tertiary/aromatic N) is 3. The number of imidazole rings is 1. The lowest BCUT2D eigenvalue weighted by molar-refractivity contribution is 0.893. The van der Waals surface area contributed by atoms with Crippen LogP contribution >= 0.6 is 0 Å². The van der Waals surface area contributed by atoms with Gasteiger partial charge >= 0.3 is 0 Å². The molecule has 4 heteroatoms. The average molecular weight is 266 g/mol. The molecule has 102 valence electrons. The van der Waals surface area contributed by atoms with E-state index in [1.165, 1.54) is 0 Å². The molecule has 0 fully saturated rings. The Bertz CT molecular complexity index is 684. The standard InChI is InChI=1S/C16H18N4/c1-19(15-6-4-5-13(9-15)10-17)11-14-12-20-8-3-2-7-16(20)18-14/h2-9,12H,10-11,17H2,1H3. The van der Waals surface area contributed by atoms with Crippen LogP contribution in [-0.4, -0.2) is 16.4 Å². The van der Waals surface area contributed by atoms with Crippen LogP contribution in [0.15, 0.2) is 54.9 Å². The molecular weight excluding hydrogens is 248 g/mol. The Morgan fingerprint density at radius 1 is 1.20 bits per heavy atom. The summed E-state index contributed by atoms with van der Waals surface area (Å²) in [7, 11) is 2.07. The van der Waals surface area contributed by atoms with Crippen LogP contribution in [0.3, 0.4) is 0 Å². The summed E-state index contributed by atoms with van der Waals surface area (Å²) in [6.45, 7) is 1.34. The molecule has 3 rings (SSSR count). The van der Waals surface area contributed by atoms with Crippen molar-refractivity contribution in [2.45, 2.75) is 13.1 Å². The highest BCUT2D eigenvalue weighted by molar-refractivity contribution is 5.48. The number of aromatic nitrogens is 2. The fourth-order valence-electron chi connectivity index (χ4n) is 2.32. The molecule has 3 aromatic rings. The Morgan fingerprint density at radius 2 is 2.10 bits per heavy atom. The van der Waals surface area contributed by atoms with Gasteiger partial charge in [0, 0.05) is 31.7 Å². The fraction of sp³-hybridized carbons (Fsp3) is 0.188. The lowest BCUT2D eigenvalue weighted by Crippen LogP contribution is -2.16. The van der Waals surface area contributed by atoms with E-state index in [1.807, 2.05) is 40.9 Å². The zero-order valence-electron chi connectivity index (χ0n) is 11.5. The van der Waals surface area contributed by atoms with Gasteiger partial charge in [0.2, 0.25) is 0 Å². The van der Waals surface area contributed by atoms with Crippen molar-refractivity contribution in [1.29, 1.82) is 0 Å². The van der Waals surface area contributed by atoms with E-state index in [0.29, 0.717) is 6.54 Å². The van der Waals surface area contributed by atoms with E-state index in [1.54, 1.807) is 0 Å². The molecule has 0 spiro atoms. The maximum Gasteiger partial charge on any atom is 0.137 e. The van der Waals surface area contributed by atoms with Crippen LogP contribution < -0.4 is 10.6 Å². The summed E-state index contributed by atoms with van der Waals surface area (Å²) < 4.78 is 2.04. The zero-order valence-corrected chi connectivity index (χ0v) is 11.5. The van der Waals surface area contributed by atoms with E-state index in [4.69, 9.17) is 5.73 Å². The highest BCUT2D eigenvalue weighted by atomic mass is 15.1. The molecular formula is C16H18N4. The van der Waals surface area contributed by atoms with Crippen LogP contribution in [0.4, 0.5) is 5.69 Å². The van der Waals surface area contributed by atoms with Crippen molar-refractivity contribution in [3.8, 4) is 0 Å². The van der Waals surface area contributed by atoms with E-state index in [-0.39, 0.29) is 0 Å². The van der Waals surface area contributed by atoms with Gasteiger partial charge in [-0.05, 0) is 29.8 Å². The molecule has 0 unspecified atom stereocenters. The van der Waals surface area contributed by atoms with Crippen LogP contribution in [-0.2, 0) is 13.1 Å². The molecule has 0 amide bonds. The second-order valence-corrected chi connectivity index (χ2v) is 4.93. The van der Waals surface area contributed by atoms with Gasteiger partial charge in [-0.1, -0.05) is 18.2 Å². The van der Waals surface area contributed by atoms with Gasteiger partial charge in [0.1, 0.15) is 5.65 Å². The third-order valence-corrected chi connectivity index (χ3v) is 3.40. The number of anilines is 1. The van der Waals surface area contributed by atoms with Gasteiger partial charge in [-0.25, -0.2) is 4.98 Å². The SMILES string of the molecule is CN(Cc1cn2ccccc2n1)c1cccc(CN)c1. The van der Waals surface area contributed by atoms with Gasteiger partial charge < -0.3 is 15.0 Å². The largest absolute Gasteiger partial charge is 0.369 e. The van der Waals surface area contributed by atoms with Crippen LogP contribution in [0.5, 0.6) is 0 Å². The molecule has 0 aliphatic carbocycles. The van der Waals surface area contributed by atoms with Gasteiger partial charge in [-0.3, -0.25) is 0 Å². The monoisotopic (exact) mass is 266 g/mol. The summed E-state index contributed by atoms with van der Waals surface area (Å²) >= 11 is 0. The number of pyridine rings is 1. The topological polar surface area (TPSA) is 46.6 Å². The van der Waals surface area contributed by atoms with E-state index in [2.05, 4.69) is 35.3 Å². The van der Waals surface area contributed by atoms with Gasteiger partial charge in [0.25, 0.3) is 0 Å². The number of fused-ring (bicyclic) bond motifs is 1. The fourth-order valence-corrected chi connectivity index (χ4v) is 2.32. The highest BCUT2D eigenvalue weighted by Gasteiger charge is 2.06. The molecule has 0 radical (unpaired) electrons. The minimum atomic E-state index is 0.566. The first-order valence-electron chi connectivity index (χ1n) is 6.69. The van der Waals surface area contributed by atoms with Crippen molar-refractivity contribution in [2.24, 2.45) is 5.73 Å². The van der Waals surface area contributed by atoms with Crippen molar-refractivity contribution >= 4 is 11.3 Å². The molecule has 4 nitrogen and oxygen atoms in total. The number of hydrogen-bond donors (Lipinski definition) is 1. The van der Waals surface area contributed by atoms with Gasteiger partial charge in [0.05, 0.1) is 12.2 Å². The predicted octanol–water partition coefficient (Wildman–Crippen LogP) is 2.43. The predicted molar refractivity (Wildman–Crippen MR) is 81.6 cm³/mol. The number of hydrogen-bond acceptors (Lipinski definition) is 3. The third kappa shape index (κ3) is 2.51. The molecule has 0 aliphatic rings. The Labute approximate surface area is 118 Å². The van der Waals surface area contributed by atoms with Gasteiger partial charge in [-0.15, -0.1) is 0 Å². The van der Waals surface area contributed by atoms with Crippen molar-refractivity contribution in [1.82, 2.24) is 9.38 Å². The highest BCUT2D eigenvalue weighted by Crippen LogP contribution is 2.17. The first kappa shape index (κ1) is 12.7. The number of rotatable bonds is 4. The maximum atomic E-state index is 5.69. The van der Waals surface area contributed by atoms with Crippen LogP contribution in [0, 0.1) is 0 Å². The van der Waals surface area contributed by atoms with Crippen molar-refractivity contribution in [3.05, 3.63) is 66.1 Å². The summed E-state index contributed by atoms with van der Waals surface area (Å²) in [5.74, 6) is 0. The van der Waals surface area contributed by atoms with Crippen LogP contribution in [0.25, 0.3) is 5.65 Å².